The Kier molecular flexibility index (Phi) is 4.80. The minimum absolute atomic E-state index is 0.119. The SMILES string of the molecule is CSc1ccc(C(=O)COC(=O)c2nc3nc(C)cc(C)n3n2)cc1. The highest BCUT2D eigenvalue weighted by Gasteiger charge is 2.18. The zero-order chi connectivity index (χ0) is 18.0. The van der Waals surface area contributed by atoms with Crippen LogP contribution in [0.4, 0.5) is 0 Å². The molecule has 8 heteroatoms. The summed E-state index contributed by atoms with van der Waals surface area (Å²) >= 11 is 1.59. The molecule has 3 rings (SSSR count). The predicted molar refractivity (Wildman–Crippen MR) is 93.1 cm³/mol. The summed E-state index contributed by atoms with van der Waals surface area (Å²) in [6.45, 7) is 3.31. The lowest BCUT2D eigenvalue weighted by atomic mass is 10.1. The fourth-order valence-corrected chi connectivity index (χ4v) is 2.72. The van der Waals surface area contributed by atoms with E-state index in [2.05, 4.69) is 15.1 Å². The van der Waals surface area contributed by atoms with Crippen LogP contribution < -0.4 is 0 Å². The van der Waals surface area contributed by atoms with Gasteiger partial charge in [0.05, 0.1) is 0 Å². The minimum atomic E-state index is -0.753. The highest BCUT2D eigenvalue weighted by atomic mass is 32.2. The van der Waals surface area contributed by atoms with Gasteiger partial charge in [0.2, 0.25) is 0 Å². The standard InChI is InChI=1S/C17H16N4O3S/c1-10-8-11(2)21-17(18-10)19-15(20-21)16(23)24-9-14(22)12-4-6-13(25-3)7-5-12/h4-8H,9H2,1-3H3. The summed E-state index contributed by atoms with van der Waals surface area (Å²) in [7, 11) is 0. The summed E-state index contributed by atoms with van der Waals surface area (Å²) in [5.74, 6) is -0.832. The van der Waals surface area contributed by atoms with Crippen LogP contribution in [0.3, 0.4) is 0 Å². The minimum Gasteiger partial charge on any atom is -0.451 e. The number of aryl methyl sites for hydroxylation is 2. The molecule has 0 fully saturated rings. The molecule has 0 bridgehead atoms. The Balaban J connectivity index is 1.69. The molecule has 0 atom stereocenters. The molecule has 2 heterocycles. The normalized spacial score (nSPS) is 10.8. The molecule has 3 aromatic rings. The second-order valence-electron chi connectivity index (χ2n) is 5.41. The summed E-state index contributed by atoms with van der Waals surface area (Å²) in [5, 5.41) is 4.08. The van der Waals surface area contributed by atoms with Gasteiger partial charge < -0.3 is 4.74 Å². The van der Waals surface area contributed by atoms with E-state index in [4.69, 9.17) is 4.74 Å². The molecule has 128 valence electrons. The average molecular weight is 356 g/mol. The fourth-order valence-electron chi connectivity index (χ4n) is 2.31. The van der Waals surface area contributed by atoms with Crippen molar-refractivity contribution in [1.29, 1.82) is 0 Å². The van der Waals surface area contributed by atoms with Crippen molar-refractivity contribution in [3.8, 4) is 0 Å². The lowest BCUT2D eigenvalue weighted by Crippen LogP contribution is -2.15. The van der Waals surface area contributed by atoms with Crippen LogP contribution in [0.15, 0.2) is 35.2 Å². The molecule has 0 radical (unpaired) electrons. The van der Waals surface area contributed by atoms with E-state index in [9.17, 15) is 9.59 Å². The van der Waals surface area contributed by atoms with E-state index in [1.54, 1.807) is 23.9 Å². The van der Waals surface area contributed by atoms with Crippen LogP contribution in [0.25, 0.3) is 5.78 Å². The summed E-state index contributed by atoms with van der Waals surface area (Å²) in [5.41, 5.74) is 2.07. The number of carbonyl (C=O) groups is 2. The Morgan fingerprint density at radius 2 is 1.88 bits per heavy atom. The number of aromatic nitrogens is 4. The molecular formula is C17H16N4O3S. The van der Waals surface area contributed by atoms with Gasteiger partial charge in [-0.3, -0.25) is 4.79 Å². The fraction of sp³-hybridized carbons (Fsp3) is 0.235. The third-order valence-corrected chi connectivity index (χ3v) is 4.29. The Bertz CT molecular complexity index is 950. The summed E-state index contributed by atoms with van der Waals surface area (Å²) < 4.78 is 6.51. The van der Waals surface area contributed by atoms with Crippen molar-refractivity contribution in [1.82, 2.24) is 19.6 Å². The lowest BCUT2D eigenvalue weighted by molar-refractivity contribution is 0.0463. The average Bonchev–Trinajstić information content (AvgIpc) is 3.04. The molecule has 25 heavy (non-hydrogen) atoms. The largest absolute Gasteiger partial charge is 0.451 e. The van der Waals surface area contributed by atoms with Crippen LogP contribution in [-0.2, 0) is 4.74 Å². The van der Waals surface area contributed by atoms with E-state index in [-0.39, 0.29) is 18.2 Å². The van der Waals surface area contributed by atoms with Crippen molar-refractivity contribution in [3.63, 3.8) is 0 Å². The summed E-state index contributed by atoms with van der Waals surface area (Å²) in [6.07, 6.45) is 1.96. The number of thioether (sulfide) groups is 1. The lowest BCUT2D eigenvalue weighted by Gasteiger charge is -2.03. The third-order valence-electron chi connectivity index (χ3n) is 3.55. The zero-order valence-electron chi connectivity index (χ0n) is 14.0. The van der Waals surface area contributed by atoms with E-state index in [1.807, 2.05) is 38.3 Å². The molecule has 0 N–H and O–H groups in total. The van der Waals surface area contributed by atoms with Gasteiger partial charge in [-0.1, -0.05) is 12.1 Å². The number of Topliss-reactive ketones (excluding diaryl/α,β-unsaturated/α-hetero) is 1. The maximum Gasteiger partial charge on any atom is 0.378 e. The zero-order valence-corrected chi connectivity index (χ0v) is 14.8. The maximum atomic E-state index is 12.1. The van der Waals surface area contributed by atoms with Crippen molar-refractivity contribution >= 4 is 29.3 Å². The molecule has 0 aliphatic heterocycles. The van der Waals surface area contributed by atoms with Crippen LogP contribution in [-0.4, -0.2) is 44.2 Å². The number of esters is 1. The molecule has 1 aromatic carbocycles. The van der Waals surface area contributed by atoms with Crippen molar-refractivity contribution in [3.05, 3.63) is 53.1 Å². The third kappa shape index (κ3) is 3.69. The first-order chi connectivity index (χ1) is 12.0. The number of ether oxygens (including phenoxy) is 1. The van der Waals surface area contributed by atoms with Crippen molar-refractivity contribution in [2.24, 2.45) is 0 Å². The highest BCUT2D eigenvalue weighted by Crippen LogP contribution is 2.15. The van der Waals surface area contributed by atoms with Gasteiger partial charge in [-0.05, 0) is 38.3 Å². The Morgan fingerprint density at radius 1 is 1.16 bits per heavy atom. The van der Waals surface area contributed by atoms with Gasteiger partial charge in [0.1, 0.15) is 0 Å². The van der Waals surface area contributed by atoms with E-state index in [1.165, 1.54) is 4.52 Å². The van der Waals surface area contributed by atoms with Crippen LogP contribution in [0, 0.1) is 13.8 Å². The van der Waals surface area contributed by atoms with Crippen LogP contribution in [0.2, 0.25) is 0 Å². The molecule has 0 spiro atoms. The van der Waals surface area contributed by atoms with Gasteiger partial charge in [-0.2, -0.15) is 4.98 Å². The Hall–Kier alpha value is -2.74. The van der Waals surface area contributed by atoms with E-state index >= 15 is 0 Å². The maximum absolute atomic E-state index is 12.1. The molecule has 2 aromatic heterocycles. The first-order valence-corrected chi connectivity index (χ1v) is 8.76. The van der Waals surface area contributed by atoms with Crippen LogP contribution in [0.5, 0.6) is 0 Å². The molecule has 0 aliphatic rings. The van der Waals surface area contributed by atoms with Crippen molar-refractivity contribution < 1.29 is 14.3 Å². The van der Waals surface area contributed by atoms with Crippen molar-refractivity contribution in [2.75, 3.05) is 12.9 Å². The quantitative estimate of drug-likeness (QED) is 0.394. The Morgan fingerprint density at radius 3 is 2.56 bits per heavy atom. The second kappa shape index (κ2) is 7.02. The van der Waals surface area contributed by atoms with Gasteiger partial charge in [0, 0.05) is 21.8 Å². The molecule has 0 amide bonds. The van der Waals surface area contributed by atoms with Gasteiger partial charge >= 0.3 is 5.97 Å². The molecule has 7 nitrogen and oxygen atoms in total. The summed E-state index contributed by atoms with van der Waals surface area (Å²) in [6, 6.07) is 8.95. The number of carbonyl (C=O) groups excluding carboxylic acids is 2. The summed E-state index contributed by atoms with van der Waals surface area (Å²) in [4.78, 5) is 33.5. The van der Waals surface area contributed by atoms with Crippen LogP contribution in [0.1, 0.15) is 32.4 Å². The molecule has 0 aliphatic carbocycles. The smallest absolute Gasteiger partial charge is 0.378 e. The van der Waals surface area contributed by atoms with Gasteiger partial charge in [-0.15, -0.1) is 16.9 Å². The Labute approximate surface area is 148 Å². The van der Waals surface area contributed by atoms with Gasteiger partial charge in [0.15, 0.2) is 12.4 Å². The number of ketones is 1. The van der Waals surface area contributed by atoms with Crippen LogP contribution >= 0.6 is 11.8 Å². The van der Waals surface area contributed by atoms with Gasteiger partial charge in [-0.25, -0.2) is 14.3 Å². The number of rotatable bonds is 5. The molecule has 0 unspecified atom stereocenters. The molecule has 0 saturated heterocycles. The first-order valence-electron chi connectivity index (χ1n) is 7.53. The second-order valence-corrected chi connectivity index (χ2v) is 6.29. The predicted octanol–water partition coefficient (Wildman–Crippen LogP) is 2.50. The van der Waals surface area contributed by atoms with E-state index in [0.29, 0.717) is 11.3 Å². The first kappa shape index (κ1) is 17.1. The number of fused-ring (bicyclic) bond motifs is 1. The monoisotopic (exact) mass is 356 g/mol. The van der Waals surface area contributed by atoms with Crippen molar-refractivity contribution in [2.45, 2.75) is 18.7 Å². The van der Waals surface area contributed by atoms with Gasteiger partial charge in [0.25, 0.3) is 11.6 Å². The number of benzene rings is 1. The van der Waals surface area contributed by atoms with E-state index in [0.717, 1.165) is 16.3 Å². The topological polar surface area (TPSA) is 86.5 Å². The highest BCUT2D eigenvalue weighted by molar-refractivity contribution is 7.98. The number of hydrogen-bond donors (Lipinski definition) is 0. The van der Waals surface area contributed by atoms with E-state index < -0.39 is 5.97 Å². The number of hydrogen-bond acceptors (Lipinski definition) is 7. The molecular weight excluding hydrogens is 340 g/mol. The molecule has 0 saturated carbocycles. The number of nitrogens with zero attached hydrogens (tertiary/aromatic N) is 4.